The summed E-state index contributed by atoms with van der Waals surface area (Å²) in [7, 11) is 1.60. The van der Waals surface area contributed by atoms with E-state index in [2.05, 4.69) is 5.32 Å². The summed E-state index contributed by atoms with van der Waals surface area (Å²) in [4.78, 5) is 25.8. The minimum atomic E-state index is -0.147. The lowest BCUT2D eigenvalue weighted by atomic mass is 10.1. The van der Waals surface area contributed by atoms with E-state index in [0.29, 0.717) is 0 Å². The van der Waals surface area contributed by atoms with Crippen LogP contribution in [0.1, 0.15) is 32.3 Å². The van der Waals surface area contributed by atoms with Crippen LogP contribution in [0, 0.1) is 0 Å². The number of nitrogens with one attached hydrogen (secondary N) is 1. The van der Waals surface area contributed by atoms with Crippen molar-refractivity contribution in [1.29, 1.82) is 0 Å². The van der Waals surface area contributed by atoms with E-state index in [1.165, 1.54) is 0 Å². The average molecular weight is 306 g/mol. The Morgan fingerprint density at radius 2 is 1.68 bits per heavy atom. The molecule has 0 aromatic heterocycles. The molecule has 0 spiro atoms. The number of carbonyl (C=O) groups excluding carboxylic acids is 2. The van der Waals surface area contributed by atoms with E-state index < -0.39 is 0 Å². The Hall–Kier alpha value is -2.04. The van der Waals surface area contributed by atoms with Crippen molar-refractivity contribution in [3.63, 3.8) is 0 Å². The van der Waals surface area contributed by atoms with Crippen LogP contribution in [0.15, 0.2) is 24.3 Å². The largest absolute Gasteiger partial charge is 0.497 e. The summed E-state index contributed by atoms with van der Waals surface area (Å²) in [5, 5.41) is 2.70. The van der Waals surface area contributed by atoms with Gasteiger partial charge in [0.25, 0.3) is 0 Å². The first-order chi connectivity index (χ1) is 10.6. The second-order valence-corrected chi connectivity index (χ2v) is 5.18. The number of amides is 2. The molecule has 1 aromatic carbocycles. The maximum atomic E-state index is 12.1. The van der Waals surface area contributed by atoms with Gasteiger partial charge in [0.2, 0.25) is 11.8 Å². The molecule has 0 aliphatic carbocycles. The van der Waals surface area contributed by atoms with Crippen LogP contribution in [0.3, 0.4) is 0 Å². The van der Waals surface area contributed by atoms with Crippen molar-refractivity contribution in [1.82, 2.24) is 10.2 Å². The van der Waals surface area contributed by atoms with Gasteiger partial charge in [-0.1, -0.05) is 26.0 Å². The fraction of sp³-hybridized carbons (Fsp3) is 0.529. The van der Waals surface area contributed by atoms with Gasteiger partial charge < -0.3 is 15.0 Å². The van der Waals surface area contributed by atoms with Gasteiger partial charge in [0, 0.05) is 13.1 Å². The van der Waals surface area contributed by atoms with Gasteiger partial charge in [-0.05, 0) is 30.5 Å². The minimum absolute atomic E-state index is 0.0215. The molecule has 5 heteroatoms. The van der Waals surface area contributed by atoms with Crippen LogP contribution in [-0.2, 0) is 16.0 Å². The lowest BCUT2D eigenvalue weighted by Crippen LogP contribution is -2.41. The molecule has 1 rings (SSSR count). The van der Waals surface area contributed by atoms with E-state index >= 15 is 0 Å². The normalized spacial score (nSPS) is 10.1. The van der Waals surface area contributed by atoms with Crippen LogP contribution in [0.4, 0.5) is 0 Å². The standard InChI is InChI=1S/C17H26N2O3/c1-4-10-19(11-5-2)17(21)13-18-16(20)12-14-6-8-15(22-3)9-7-14/h6-9H,4-5,10-13H2,1-3H3,(H,18,20). The molecule has 0 atom stereocenters. The monoisotopic (exact) mass is 306 g/mol. The summed E-state index contributed by atoms with van der Waals surface area (Å²) >= 11 is 0. The van der Waals surface area contributed by atoms with Crippen molar-refractivity contribution in [2.24, 2.45) is 0 Å². The fourth-order valence-corrected chi connectivity index (χ4v) is 2.18. The van der Waals surface area contributed by atoms with Crippen LogP contribution < -0.4 is 10.1 Å². The van der Waals surface area contributed by atoms with Crippen LogP contribution >= 0.6 is 0 Å². The second-order valence-electron chi connectivity index (χ2n) is 5.18. The Bertz CT molecular complexity index is 465. The van der Waals surface area contributed by atoms with Crippen LogP contribution in [0.5, 0.6) is 5.75 Å². The predicted molar refractivity (Wildman–Crippen MR) is 86.9 cm³/mol. The fourth-order valence-electron chi connectivity index (χ4n) is 2.18. The van der Waals surface area contributed by atoms with Gasteiger partial charge in [0.15, 0.2) is 0 Å². The van der Waals surface area contributed by atoms with E-state index in [1.807, 2.05) is 38.1 Å². The topological polar surface area (TPSA) is 58.6 Å². The molecule has 0 heterocycles. The summed E-state index contributed by atoms with van der Waals surface area (Å²) in [6.45, 7) is 5.62. The van der Waals surface area contributed by atoms with Crippen molar-refractivity contribution in [3.05, 3.63) is 29.8 Å². The molecular weight excluding hydrogens is 280 g/mol. The number of carbonyl (C=O) groups is 2. The molecule has 0 saturated carbocycles. The van der Waals surface area contributed by atoms with Gasteiger partial charge in [0.05, 0.1) is 20.1 Å². The Morgan fingerprint density at radius 1 is 1.09 bits per heavy atom. The highest BCUT2D eigenvalue weighted by Gasteiger charge is 2.13. The van der Waals surface area contributed by atoms with Gasteiger partial charge in [-0.2, -0.15) is 0 Å². The van der Waals surface area contributed by atoms with E-state index in [4.69, 9.17) is 4.74 Å². The molecule has 0 radical (unpaired) electrons. The molecule has 0 unspecified atom stereocenters. The van der Waals surface area contributed by atoms with Crippen molar-refractivity contribution < 1.29 is 14.3 Å². The summed E-state index contributed by atoms with van der Waals surface area (Å²) in [5.74, 6) is 0.590. The zero-order chi connectivity index (χ0) is 16.4. The van der Waals surface area contributed by atoms with Crippen LogP contribution in [0.2, 0.25) is 0 Å². The highest BCUT2D eigenvalue weighted by molar-refractivity contribution is 5.85. The molecule has 22 heavy (non-hydrogen) atoms. The van der Waals surface area contributed by atoms with E-state index in [9.17, 15) is 9.59 Å². The first-order valence-corrected chi connectivity index (χ1v) is 7.78. The van der Waals surface area contributed by atoms with Crippen molar-refractivity contribution in [2.75, 3.05) is 26.7 Å². The van der Waals surface area contributed by atoms with Crippen molar-refractivity contribution in [2.45, 2.75) is 33.1 Å². The first-order valence-electron chi connectivity index (χ1n) is 7.78. The van der Waals surface area contributed by atoms with Crippen LogP contribution in [-0.4, -0.2) is 43.5 Å². The Labute approximate surface area is 132 Å². The number of benzene rings is 1. The number of nitrogens with zero attached hydrogens (tertiary/aromatic N) is 1. The molecule has 122 valence electrons. The summed E-state index contributed by atoms with van der Waals surface area (Å²) < 4.78 is 5.07. The maximum absolute atomic E-state index is 12.1. The van der Waals surface area contributed by atoms with E-state index in [1.54, 1.807) is 12.0 Å². The molecule has 0 aliphatic rings. The van der Waals surface area contributed by atoms with Gasteiger partial charge in [-0.25, -0.2) is 0 Å². The van der Waals surface area contributed by atoms with E-state index in [-0.39, 0.29) is 24.8 Å². The van der Waals surface area contributed by atoms with Gasteiger partial charge in [0.1, 0.15) is 5.75 Å². The number of hydrogen-bond donors (Lipinski definition) is 1. The van der Waals surface area contributed by atoms with Crippen molar-refractivity contribution in [3.8, 4) is 5.75 Å². The smallest absolute Gasteiger partial charge is 0.241 e. The summed E-state index contributed by atoms with van der Waals surface area (Å²) in [6, 6.07) is 7.33. The van der Waals surface area contributed by atoms with Gasteiger partial charge in [-0.15, -0.1) is 0 Å². The molecule has 0 aliphatic heterocycles. The summed E-state index contributed by atoms with van der Waals surface area (Å²) in [6.07, 6.45) is 2.11. The predicted octanol–water partition coefficient (Wildman–Crippen LogP) is 2.00. The highest BCUT2D eigenvalue weighted by Crippen LogP contribution is 2.11. The zero-order valence-electron chi connectivity index (χ0n) is 13.7. The molecule has 5 nitrogen and oxygen atoms in total. The molecule has 1 N–H and O–H groups in total. The maximum Gasteiger partial charge on any atom is 0.241 e. The van der Waals surface area contributed by atoms with Crippen molar-refractivity contribution >= 4 is 11.8 Å². The number of ether oxygens (including phenoxy) is 1. The molecule has 1 aromatic rings. The Morgan fingerprint density at radius 3 is 2.18 bits per heavy atom. The third kappa shape index (κ3) is 6.16. The molecular formula is C17H26N2O3. The zero-order valence-corrected chi connectivity index (χ0v) is 13.7. The SMILES string of the molecule is CCCN(CCC)C(=O)CNC(=O)Cc1ccc(OC)cc1. The lowest BCUT2D eigenvalue weighted by Gasteiger charge is -2.21. The van der Waals surface area contributed by atoms with Crippen LogP contribution in [0.25, 0.3) is 0 Å². The third-order valence-electron chi connectivity index (χ3n) is 3.30. The lowest BCUT2D eigenvalue weighted by molar-refractivity contribution is -0.132. The molecule has 0 bridgehead atoms. The van der Waals surface area contributed by atoms with Gasteiger partial charge >= 0.3 is 0 Å². The quantitative estimate of drug-likeness (QED) is 0.759. The Balaban J connectivity index is 2.42. The number of rotatable bonds is 9. The highest BCUT2D eigenvalue weighted by atomic mass is 16.5. The third-order valence-corrected chi connectivity index (χ3v) is 3.30. The number of hydrogen-bond acceptors (Lipinski definition) is 3. The average Bonchev–Trinajstić information content (AvgIpc) is 2.53. The first kappa shape index (κ1) is 18.0. The Kier molecular flexibility index (Phi) is 8.04. The second kappa shape index (κ2) is 9.82. The van der Waals surface area contributed by atoms with E-state index in [0.717, 1.165) is 37.2 Å². The minimum Gasteiger partial charge on any atom is -0.497 e. The van der Waals surface area contributed by atoms with Gasteiger partial charge in [-0.3, -0.25) is 9.59 Å². The number of methoxy groups -OCH3 is 1. The summed E-state index contributed by atoms with van der Waals surface area (Å²) in [5.41, 5.74) is 0.893. The molecule has 2 amide bonds. The molecule has 0 fully saturated rings. The molecule has 0 saturated heterocycles.